The van der Waals surface area contributed by atoms with E-state index in [1.165, 1.54) is 6.07 Å². The van der Waals surface area contributed by atoms with Crippen molar-refractivity contribution in [2.24, 2.45) is 0 Å². The molecule has 19 heavy (non-hydrogen) atoms. The Morgan fingerprint density at radius 3 is 2.79 bits per heavy atom. The average Bonchev–Trinajstić information content (AvgIpc) is 2.86. The number of nitro groups is 1. The van der Waals surface area contributed by atoms with Gasteiger partial charge in [0, 0.05) is 28.9 Å². The standard InChI is InChI=1S/C12H15N3O3S/c1-7-4-11(15(17)18)8(2)3-9(7)14-12(16)10-5-19-6-13-10/h3-4,10,13H,5-6H2,1-2H3,(H,14,16). The highest BCUT2D eigenvalue weighted by Gasteiger charge is 2.23. The fourth-order valence-corrected chi connectivity index (χ4v) is 2.86. The van der Waals surface area contributed by atoms with Gasteiger partial charge in [-0.15, -0.1) is 11.8 Å². The van der Waals surface area contributed by atoms with Crippen molar-refractivity contribution >= 4 is 29.0 Å². The smallest absolute Gasteiger partial charge is 0.272 e. The van der Waals surface area contributed by atoms with Crippen molar-refractivity contribution < 1.29 is 9.72 Å². The molecule has 1 aromatic carbocycles. The molecule has 2 rings (SSSR count). The minimum Gasteiger partial charge on any atom is -0.324 e. The molecule has 1 aliphatic rings. The number of amides is 1. The van der Waals surface area contributed by atoms with Crippen LogP contribution in [0.4, 0.5) is 11.4 Å². The Kier molecular flexibility index (Phi) is 4.06. The summed E-state index contributed by atoms with van der Waals surface area (Å²) in [6, 6.07) is 2.94. The fourth-order valence-electron chi connectivity index (χ4n) is 1.92. The highest BCUT2D eigenvalue weighted by Crippen LogP contribution is 2.26. The van der Waals surface area contributed by atoms with Crippen LogP contribution in [-0.2, 0) is 4.79 Å². The maximum atomic E-state index is 12.0. The van der Waals surface area contributed by atoms with E-state index < -0.39 is 4.92 Å². The number of aryl methyl sites for hydroxylation is 2. The predicted molar refractivity (Wildman–Crippen MR) is 75.4 cm³/mol. The number of nitrogens with one attached hydrogen (secondary N) is 2. The van der Waals surface area contributed by atoms with E-state index in [4.69, 9.17) is 0 Å². The first-order chi connectivity index (χ1) is 8.99. The molecule has 1 heterocycles. The lowest BCUT2D eigenvalue weighted by Crippen LogP contribution is -2.37. The van der Waals surface area contributed by atoms with Gasteiger partial charge in [0.2, 0.25) is 5.91 Å². The van der Waals surface area contributed by atoms with E-state index in [-0.39, 0.29) is 17.6 Å². The molecule has 0 bridgehead atoms. The normalized spacial score (nSPS) is 18.3. The zero-order valence-electron chi connectivity index (χ0n) is 10.7. The number of carbonyl (C=O) groups excluding carboxylic acids is 1. The molecule has 1 atom stereocenters. The predicted octanol–water partition coefficient (Wildman–Crippen LogP) is 1.81. The second-order valence-electron chi connectivity index (χ2n) is 4.47. The molecule has 1 aliphatic heterocycles. The van der Waals surface area contributed by atoms with Gasteiger partial charge in [0.15, 0.2) is 0 Å². The van der Waals surface area contributed by atoms with E-state index in [0.29, 0.717) is 16.8 Å². The monoisotopic (exact) mass is 281 g/mol. The Labute approximate surface area is 115 Å². The topological polar surface area (TPSA) is 84.3 Å². The highest BCUT2D eigenvalue weighted by molar-refractivity contribution is 7.99. The van der Waals surface area contributed by atoms with Gasteiger partial charge in [-0.3, -0.25) is 20.2 Å². The van der Waals surface area contributed by atoms with Gasteiger partial charge in [-0.1, -0.05) is 0 Å². The van der Waals surface area contributed by atoms with Gasteiger partial charge in [-0.25, -0.2) is 0 Å². The molecule has 0 aromatic heterocycles. The third-order valence-electron chi connectivity index (χ3n) is 3.03. The molecule has 7 heteroatoms. The summed E-state index contributed by atoms with van der Waals surface area (Å²) in [7, 11) is 0. The Morgan fingerprint density at radius 1 is 1.47 bits per heavy atom. The molecule has 0 saturated carbocycles. The molecule has 0 spiro atoms. The first kappa shape index (κ1) is 13.8. The molecule has 0 aliphatic carbocycles. The van der Waals surface area contributed by atoms with Crippen LogP contribution in [0.2, 0.25) is 0 Å². The van der Waals surface area contributed by atoms with E-state index >= 15 is 0 Å². The van der Waals surface area contributed by atoms with Crippen LogP contribution in [0.5, 0.6) is 0 Å². The number of nitro benzene ring substituents is 1. The lowest BCUT2D eigenvalue weighted by Gasteiger charge is -2.13. The van der Waals surface area contributed by atoms with Crippen molar-refractivity contribution in [2.45, 2.75) is 19.9 Å². The Bertz CT molecular complexity index is 527. The first-order valence-electron chi connectivity index (χ1n) is 5.86. The molecule has 1 fully saturated rings. The van der Waals surface area contributed by atoms with Crippen molar-refractivity contribution in [3.8, 4) is 0 Å². The molecule has 6 nitrogen and oxygen atoms in total. The van der Waals surface area contributed by atoms with Crippen LogP contribution in [0, 0.1) is 24.0 Å². The number of rotatable bonds is 3. The number of hydrogen-bond acceptors (Lipinski definition) is 5. The zero-order valence-corrected chi connectivity index (χ0v) is 11.5. The van der Waals surface area contributed by atoms with Gasteiger partial charge >= 0.3 is 0 Å². The summed E-state index contributed by atoms with van der Waals surface area (Å²) < 4.78 is 0. The largest absolute Gasteiger partial charge is 0.324 e. The van der Waals surface area contributed by atoms with Crippen LogP contribution >= 0.6 is 11.8 Å². The third kappa shape index (κ3) is 3.05. The number of nitrogens with zero attached hydrogens (tertiary/aromatic N) is 1. The van der Waals surface area contributed by atoms with E-state index in [9.17, 15) is 14.9 Å². The summed E-state index contributed by atoms with van der Waals surface area (Å²) in [6.07, 6.45) is 0. The van der Waals surface area contributed by atoms with Crippen molar-refractivity contribution in [3.05, 3.63) is 33.4 Å². The number of thioether (sulfide) groups is 1. The van der Waals surface area contributed by atoms with Crippen molar-refractivity contribution in [1.29, 1.82) is 0 Å². The summed E-state index contributed by atoms with van der Waals surface area (Å²) >= 11 is 1.67. The molecule has 102 valence electrons. The summed E-state index contributed by atoms with van der Waals surface area (Å²) in [5.41, 5.74) is 1.94. The Hall–Kier alpha value is -1.60. The molecule has 1 aromatic rings. The van der Waals surface area contributed by atoms with Gasteiger partial charge < -0.3 is 5.32 Å². The molecule has 1 unspecified atom stereocenters. The molecule has 2 N–H and O–H groups in total. The van der Waals surface area contributed by atoms with Crippen LogP contribution in [0.3, 0.4) is 0 Å². The molecule has 1 saturated heterocycles. The maximum Gasteiger partial charge on any atom is 0.272 e. The summed E-state index contributed by atoms with van der Waals surface area (Å²) in [5, 5.41) is 16.7. The highest BCUT2D eigenvalue weighted by atomic mass is 32.2. The second kappa shape index (κ2) is 5.58. The van der Waals surface area contributed by atoms with Gasteiger partial charge in [-0.05, 0) is 25.5 Å². The van der Waals surface area contributed by atoms with Crippen molar-refractivity contribution in [3.63, 3.8) is 0 Å². The molecule has 1 amide bonds. The minimum absolute atomic E-state index is 0.0741. The van der Waals surface area contributed by atoms with Crippen LogP contribution in [0.25, 0.3) is 0 Å². The van der Waals surface area contributed by atoms with Crippen LogP contribution in [-0.4, -0.2) is 28.5 Å². The SMILES string of the molecule is Cc1cc([N+](=O)[O-])c(C)cc1NC(=O)C1CSCN1. The Morgan fingerprint density at radius 2 is 2.21 bits per heavy atom. The van der Waals surface area contributed by atoms with E-state index in [0.717, 1.165) is 11.6 Å². The molecular weight excluding hydrogens is 266 g/mol. The quantitative estimate of drug-likeness (QED) is 0.652. The van der Waals surface area contributed by atoms with Gasteiger partial charge in [0.25, 0.3) is 5.69 Å². The lowest BCUT2D eigenvalue weighted by molar-refractivity contribution is -0.385. The summed E-state index contributed by atoms with van der Waals surface area (Å²) in [6.45, 7) is 3.41. The van der Waals surface area contributed by atoms with Crippen molar-refractivity contribution in [1.82, 2.24) is 5.32 Å². The third-order valence-corrected chi connectivity index (χ3v) is 3.97. The minimum atomic E-state index is -0.414. The van der Waals surface area contributed by atoms with Crippen LogP contribution < -0.4 is 10.6 Å². The van der Waals surface area contributed by atoms with Gasteiger partial charge in [0.1, 0.15) is 0 Å². The van der Waals surface area contributed by atoms with Crippen LogP contribution in [0.15, 0.2) is 12.1 Å². The zero-order chi connectivity index (χ0) is 14.0. The number of hydrogen-bond donors (Lipinski definition) is 2. The molecular formula is C12H15N3O3S. The first-order valence-corrected chi connectivity index (χ1v) is 7.02. The Balaban J connectivity index is 2.18. The second-order valence-corrected chi connectivity index (χ2v) is 5.50. The number of anilines is 1. The summed E-state index contributed by atoms with van der Waals surface area (Å²) in [5.74, 6) is 1.43. The van der Waals surface area contributed by atoms with Gasteiger partial charge in [0.05, 0.1) is 11.0 Å². The van der Waals surface area contributed by atoms with E-state index in [1.54, 1.807) is 31.7 Å². The fraction of sp³-hybridized carbons (Fsp3) is 0.417. The summed E-state index contributed by atoms with van der Waals surface area (Å²) in [4.78, 5) is 22.4. The van der Waals surface area contributed by atoms with E-state index in [1.807, 2.05) is 0 Å². The average molecular weight is 281 g/mol. The van der Waals surface area contributed by atoms with Crippen molar-refractivity contribution in [2.75, 3.05) is 16.9 Å². The van der Waals surface area contributed by atoms with Gasteiger partial charge in [-0.2, -0.15) is 0 Å². The lowest BCUT2D eigenvalue weighted by atomic mass is 10.1. The maximum absolute atomic E-state index is 12.0. The number of benzene rings is 1. The molecule has 0 radical (unpaired) electrons. The van der Waals surface area contributed by atoms with Crippen LogP contribution in [0.1, 0.15) is 11.1 Å². The number of carbonyl (C=O) groups is 1. The van der Waals surface area contributed by atoms with E-state index in [2.05, 4.69) is 10.6 Å².